The number of rotatable bonds is 27. The minimum atomic E-state index is -0.869. The van der Waals surface area contributed by atoms with Crippen molar-refractivity contribution in [2.45, 2.75) is 163 Å². The first-order chi connectivity index (χ1) is 37.9. The van der Waals surface area contributed by atoms with Gasteiger partial charge in [0.15, 0.2) is 23.1 Å². The lowest BCUT2D eigenvalue weighted by Crippen LogP contribution is -2.53. The number of hydrogen-bond acceptors (Lipinski definition) is 14. The summed E-state index contributed by atoms with van der Waals surface area (Å²) >= 11 is 0. The van der Waals surface area contributed by atoms with Gasteiger partial charge in [-0.15, -0.1) is 0 Å². The van der Waals surface area contributed by atoms with E-state index in [-0.39, 0.29) is 56.0 Å². The Bertz CT molecular complexity index is 2970. The molecule has 0 spiro atoms. The van der Waals surface area contributed by atoms with Crippen molar-refractivity contribution in [2.24, 2.45) is 15.6 Å². The third kappa shape index (κ3) is 15.4. The van der Waals surface area contributed by atoms with Crippen molar-refractivity contribution in [1.82, 2.24) is 15.1 Å². The zero-order valence-corrected chi connectivity index (χ0v) is 46.8. The number of ether oxygens (including phenoxy) is 4. The summed E-state index contributed by atoms with van der Waals surface area (Å²) in [5, 5.41) is 11.2. The molecule has 2 fully saturated rings. The second-order valence-electron chi connectivity index (χ2n) is 21.7. The number of methoxy groups -OCH3 is 1. The predicted molar refractivity (Wildman–Crippen MR) is 296 cm³/mol. The Morgan fingerprint density at radius 3 is 2.22 bits per heavy atom. The molecule has 79 heavy (non-hydrogen) atoms. The maximum atomic E-state index is 14.0. The van der Waals surface area contributed by atoms with Gasteiger partial charge in [-0.2, -0.15) is 10.2 Å². The summed E-state index contributed by atoms with van der Waals surface area (Å²) in [5.74, 6) is -1.67. The first kappa shape index (κ1) is 59.1. The average molecular weight is 1080 g/mol. The summed E-state index contributed by atoms with van der Waals surface area (Å²) in [6, 6.07) is 20.4. The van der Waals surface area contributed by atoms with Crippen molar-refractivity contribution in [3.63, 3.8) is 0 Å². The van der Waals surface area contributed by atoms with Crippen molar-refractivity contribution < 1.29 is 57.3 Å². The lowest BCUT2D eigenvalue weighted by molar-refractivity contribution is -0.164. The molecule has 2 saturated heterocycles. The molecule has 0 bridgehead atoms. The van der Waals surface area contributed by atoms with Gasteiger partial charge in [0, 0.05) is 55.0 Å². The number of nitrogens with zero attached hydrogens (tertiary/aromatic N) is 4. The Labute approximate surface area is 463 Å². The number of carbonyl (C=O) groups excluding carboxylic acids is 8. The number of piperidine rings is 2. The van der Waals surface area contributed by atoms with Gasteiger partial charge < -0.3 is 28.7 Å². The number of Topliss-reactive ketones (excluding diaryl/α,β-unsaturated/α-hetero) is 3. The molecule has 420 valence electrons. The molecule has 0 aromatic heterocycles. The number of azo groups is 1. The number of esters is 1. The van der Waals surface area contributed by atoms with E-state index in [0.717, 1.165) is 36.8 Å². The zero-order valence-electron chi connectivity index (χ0n) is 46.8. The van der Waals surface area contributed by atoms with Crippen LogP contribution in [0.25, 0.3) is 0 Å². The van der Waals surface area contributed by atoms with Crippen LogP contribution in [0.4, 0.5) is 11.4 Å². The fourth-order valence-electron chi connectivity index (χ4n) is 10.1. The van der Waals surface area contributed by atoms with E-state index in [1.54, 1.807) is 56.3 Å². The van der Waals surface area contributed by atoms with Gasteiger partial charge in [0.25, 0.3) is 11.8 Å². The Hall–Kier alpha value is -7.56. The normalized spacial score (nSPS) is 16.8. The van der Waals surface area contributed by atoms with Gasteiger partial charge in [-0.1, -0.05) is 76.4 Å². The highest BCUT2D eigenvalue weighted by Crippen LogP contribution is 2.39. The maximum Gasteiger partial charge on any atom is 0.329 e. The zero-order chi connectivity index (χ0) is 56.8. The molecule has 1 N–H and O–H groups in total. The Kier molecular flexibility index (Phi) is 20.5. The minimum Gasteiger partial charge on any atom is -0.493 e. The van der Waals surface area contributed by atoms with E-state index in [0.29, 0.717) is 115 Å². The number of likely N-dealkylation sites (tertiary alicyclic amines) is 1. The summed E-state index contributed by atoms with van der Waals surface area (Å²) in [6.07, 6.45) is 7.69. The van der Waals surface area contributed by atoms with Crippen LogP contribution in [-0.2, 0) is 51.3 Å². The van der Waals surface area contributed by atoms with Gasteiger partial charge in [0.2, 0.25) is 17.6 Å². The molecule has 4 aromatic carbocycles. The predicted octanol–water partition coefficient (Wildman–Crippen LogP) is 10.7. The fourth-order valence-corrected chi connectivity index (χ4v) is 10.1. The summed E-state index contributed by atoms with van der Waals surface area (Å²) < 4.78 is 23.8. The van der Waals surface area contributed by atoms with Crippen LogP contribution < -0.4 is 19.5 Å². The number of nitrogens with one attached hydrogen (secondary N) is 1. The van der Waals surface area contributed by atoms with E-state index in [1.807, 2.05) is 26.0 Å². The first-order valence-corrected chi connectivity index (χ1v) is 27.7. The SMILES string of the molecule is CCC(C)(C)C(=O)C(=O)N1CCCC[C@H]1C(=O)O[C@H](CCc1ccc(C)c(C)c1)c1cccc(OCC(=O)CCCCCCCC(=O)COc2c(C)cc(N=Nc3cccc4c3CN(C3CCC(=O)NC3=O)C4=O)cc2OC)c1. The van der Waals surface area contributed by atoms with E-state index < -0.39 is 47.2 Å². The number of amides is 4. The van der Waals surface area contributed by atoms with E-state index >= 15 is 0 Å². The highest BCUT2D eigenvalue weighted by molar-refractivity contribution is 6.38. The lowest BCUT2D eigenvalue weighted by Gasteiger charge is -2.36. The molecule has 4 aromatic rings. The van der Waals surface area contributed by atoms with Crippen LogP contribution in [0, 0.1) is 26.2 Å². The molecular weight excluding hydrogens is 1010 g/mol. The molecule has 3 atom stereocenters. The highest BCUT2D eigenvalue weighted by atomic mass is 16.5. The second kappa shape index (κ2) is 27.3. The fraction of sp³-hybridized carbons (Fsp3) is 0.484. The molecule has 1 unspecified atom stereocenters. The Morgan fingerprint density at radius 2 is 1.51 bits per heavy atom. The van der Waals surface area contributed by atoms with Crippen LogP contribution in [0.2, 0.25) is 0 Å². The average Bonchev–Trinajstić information content (AvgIpc) is 3.84. The van der Waals surface area contributed by atoms with Gasteiger partial charge in [-0.25, -0.2) is 4.79 Å². The number of ketones is 3. The monoisotopic (exact) mass is 1080 g/mol. The highest BCUT2D eigenvalue weighted by Gasteiger charge is 2.42. The molecular formula is C62H75N5O12. The number of fused-ring (bicyclic) bond motifs is 1. The topological polar surface area (TPSA) is 217 Å². The molecule has 7 rings (SSSR count). The molecule has 0 saturated carbocycles. The Balaban J connectivity index is 0.838. The standard InChI is InChI=1S/C62H75N5O12/c1-8-62(5,6)57(71)60(74)66-31-15-14-24-52(66)61(75)79-53(29-27-42-26-25-39(2)40(3)32-42)43-18-16-21-47(34-43)77-37-45(68)19-12-10-9-11-13-20-46(69)38-78-56-41(4)33-44(35-54(56)76-7)64-65-50-23-17-22-48-49(50)36-67(59(48)73)51-28-30-55(70)63-58(51)72/h16-18,21-23,25-26,32-35,51-53H,8-15,19-20,24,27-31,36-38H2,1-7H3,(H,63,70,72)/t51?,52-,53+/m0/s1. The van der Waals surface area contributed by atoms with Gasteiger partial charge >= 0.3 is 5.97 Å². The van der Waals surface area contributed by atoms with Crippen molar-refractivity contribution in [2.75, 3.05) is 26.9 Å². The number of unbranched alkanes of at least 4 members (excludes halogenated alkanes) is 4. The summed E-state index contributed by atoms with van der Waals surface area (Å²) in [6.45, 7) is 11.5. The van der Waals surface area contributed by atoms with Crippen LogP contribution in [0.5, 0.6) is 17.2 Å². The second-order valence-corrected chi connectivity index (χ2v) is 21.7. The molecule has 0 aliphatic carbocycles. The number of hydrogen-bond donors (Lipinski definition) is 1. The summed E-state index contributed by atoms with van der Waals surface area (Å²) in [5.41, 5.74) is 6.00. The van der Waals surface area contributed by atoms with Gasteiger partial charge in [0.1, 0.15) is 37.2 Å². The molecule has 3 heterocycles. The van der Waals surface area contributed by atoms with Crippen LogP contribution in [0.3, 0.4) is 0 Å². The van der Waals surface area contributed by atoms with Gasteiger partial charge in [0.05, 0.1) is 18.5 Å². The van der Waals surface area contributed by atoms with Crippen LogP contribution in [-0.4, -0.2) is 95.7 Å². The van der Waals surface area contributed by atoms with E-state index in [2.05, 4.69) is 47.6 Å². The smallest absolute Gasteiger partial charge is 0.329 e. The third-order valence-corrected chi connectivity index (χ3v) is 15.4. The third-order valence-electron chi connectivity index (χ3n) is 15.4. The first-order valence-electron chi connectivity index (χ1n) is 27.7. The Morgan fingerprint density at radius 1 is 0.785 bits per heavy atom. The molecule has 3 aliphatic rings. The summed E-state index contributed by atoms with van der Waals surface area (Å²) in [7, 11) is 1.50. The van der Waals surface area contributed by atoms with Crippen molar-refractivity contribution in [3.05, 3.63) is 112 Å². The van der Waals surface area contributed by atoms with Crippen LogP contribution >= 0.6 is 0 Å². The molecule has 17 heteroatoms. The van der Waals surface area contributed by atoms with Crippen molar-refractivity contribution in [1.29, 1.82) is 0 Å². The van der Waals surface area contributed by atoms with Crippen molar-refractivity contribution >= 4 is 58.3 Å². The minimum absolute atomic E-state index is 0.0442. The molecule has 4 amide bonds. The van der Waals surface area contributed by atoms with E-state index in [1.165, 1.54) is 22.5 Å². The van der Waals surface area contributed by atoms with Gasteiger partial charge in [-0.3, -0.25) is 38.9 Å². The number of aryl methyl sites for hydroxylation is 4. The van der Waals surface area contributed by atoms with E-state index in [4.69, 9.17) is 18.9 Å². The lowest BCUT2D eigenvalue weighted by atomic mass is 9.84. The molecule has 0 radical (unpaired) electrons. The van der Waals surface area contributed by atoms with E-state index in [9.17, 15) is 38.4 Å². The summed E-state index contributed by atoms with van der Waals surface area (Å²) in [4.78, 5) is 107. The number of imide groups is 1. The van der Waals surface area contributed by atoms with Crippen molar-refractivity contribution in [3.8, 4) is 17.2 Å². The van der Waals surface area contributed by atoms with Crippen LogP contribution in [0.15, 0.2) is 83.0 Å². The van der Waals surface area contributed by atoms with Crippen LogP contribution in [0.1, 0.15) is 161 Å². The largest absolute Gasteiger partial charge is 0.493 e. The maximum absolute atomic E-state index is 14.0. The number of carbonyl (C=O) groups is 8. The molecule has 17 nitrogen and oxygen atoms in total. The molecule has 3 aliphatic heterocycles. The quantitative estimate of drug-likeness (QED) is 0.0194. The number of benzene rings is 4. The van der Waals surface area contributed by atoms with Gasteiger partial charge in [-0.05, 0) is 137 Å².